The molecule has 0 aromatic heterocycles. The Kier molecular flexibility index (Phi) is 16.1. The Morgan fingerprint density at radius 3 is 0.884 bits per heavy atom. The SMILES string of the molecule is Cl.Cl.Cl.N=C(N)c1ccc(CNC(=O)C(C(=O)NCc2ccc(C(=N)N)cc2)C(=O)NCc2ccc(C(=N)N)cc2)cc1. The Morgan fingerprint density at radius 1 is 0.488 bits per heavy atom. The predicted octanol–water partition coefficient (Wildman–Crippen LogP) is 1.67. The summed E-state index contributed by atoms with van der Waals surface area (Å²) in [4.78, 5) is 39.2. The van der Waals surface area contributed by atoms with Crippen LogP contribution < -0.4 is 33.2 Å². The molecule has 0 spiro atoms. The number of amidine groups is 3. The van der Waals surface area contributed by atoms with E-state index < -0.39 is 23.6 Å². The van der Waals surface area contributed by atoms with Crippen LogP contribution in [0.15, 0.2) is 72.8 Å². The summed E-state index contributed by atoms with van der Waals surface area (Å²) in [6.07, 6.45) is 0. The fourth-order valence-electron chi connectivity index (χ4n) is 3.64. The van der Waals surface area contributed by atoms with Crippen LogP contribution in [0.2, 0.25) is 0 Å². The summed E-state index contributed by atoms with van der Waals surface area (Å²) >= 11 is 0. The largest absolute Gasteiger partial charge is 0.384 e. The lowest BCUT2D eigenvalue weighted by atomic mass is 10.0. The van der Waals surface area contributed by atoms with Gasteiger partial charge in [-0.05, 0) is 16.7 Å². The van der Waals surface area contributed by atoms with Crippen molar-refractivity contribution < 1.29 is 14.4 Å². The molecule has 0 saturated carbocycles. The summed E-state index contributed by atoms with van der Waals surface area (Å²) in [5.74, 6) is -4.30. The fourth-order valence-corrected chi connectivity index (χ4v) is 3.64. The topological polar surface area (TPSA) is 237 Å². The standard InChI is InChI=1S/C28H31N9O3.3ClH/c29-23(30)19-7-1-16(2-8-19)13-35-26(38)22(27(39)36-14-17-3-9-20(10-4-17)24(31)32)28(40)37-15-18-5-11-21(12-6-18)25(33)34;;;/h1-12,22H,13-15H2,(H3,29,30)(H3,31,32)(H3,33,34)(H,35,38)(H,36,39)(H,37,40);3*1H. The minimum atomic E-state index is -1.68. The molecule has 0 radical (unpaired) electrons. The van der Waals surface area contributed by atoms with E-state index in [4.69, 9.17) is 33.4 Å². The zero-order valence-corrected chi connectivity index (χ0v) is 25.3. The van der Waals surface area contributed by atoms with Gasteiger partial charge in [-0.25, -0.2) is 0 Å². The van der Waals surface area contributed by atoms with Gasteiger partial charge >= 0.3 is 0 Å². The molecule has 230 valence electrons. The first kappa shape index (κ1) is 38.4. The fraction of sp³-hybridized carbons (Fsp3) is 0.143. The number of benzene rings is 3. The van der Waals surface area contributed by atoms with E-state index in [1.54, 1.807) is 72.8 Å². The molecule has 0 atom stereocenters. The Labute approximate surface area is 267 Å². The lowest BCUT2D eigenvalue weighted by Crippen LogP contribution is -2.49. The van der Waals surface area contributed by atoms with Crippen LogP contribution in [0.3, 0.4) is 0 Å². The Morgan fingerprint density at radius 2 is 0.698 bits per heavy atom. The highest BCUT2D eigenvalue weighted by molar-refractivity contribution is 6.17. The van der Waals surface area contributed by atoms with Gasteiger partial charge in [0.05, 0.1) is 0 Å². The van der Waals surface area contributed by atoms with E-state index in [1.807, 2.05) is 0 Å². The van der Waals surface area contributed by atoms with Crippen LogP contribution in [0.4, 0.5) is 0 Å². The summed E-state index contributed by atoms with van der Waals surface area (Å²) in [5.41, 5.74) is 20.1. The first-order valence-corrected chi connectivity index (χ1v) is 12.2. The molecule has 12 N–H and O–H groups in total. The molecular formula is C28H34Cl3N9O3. The highest BCUT2D eigenvalue weighted by Crippen LogP contribution is 2.09. The minimum absolute atomic E-state index is 0. The van der Waals surface area contributed by atoms with E-state index in [9.17, 15) is 14.4 Å². The highest BCUT2D eigenvalue weighted by atomic mass is 35.5. The van der Waals surface area contributed by atoms with Gasteiger partial charge in [-0.1, -0.05) is 72.8 Å². The molecule has 0 fully saturated rings. The number of hydrogen-bond donors (Lipinski definition) is 9. The molecule has 0 unspecified atom stereocenters. The maximum Gasteiger partial charge on any atom is 0.242 e. The van der Waals surface area contributed by atoms with Crippen molar-refractivity contribution in [3.63, 3.8) is 0 Å². The highest BCUT2D eigenvalue weighted by Gasteiger charge is 2.33. The molecule has 15 heteroatoms. The predicted molar refractivity (Wildman–Crippen MR) is 173 cm³/mol. The van der Waals surface area contributed by atoms with Gasteiger partial charge in [-0.2, -0.15) is 0 Å². The van der Waals surface area contributed by atoms with E-state index in [2.05, 4.69) is 16.0 Å². The zero-order valence-electron chi connectivity index (χ0n) is 22.8. The van der Waals surface area contributed by atoms with E-state index in [1.165, 1.54) is 0 Å². The first-order valence-electron chi connectivity index (χ1n) is 12.2. The molecule has 0 aliphatic carbocycles. The molecule has 3 aromatic carbocycles. The van der Waals surface area contributed by atoms with Crippen LogP contribution in [0, 0.1) is 22.1 Å². The second-order valence-electron chi connectivity index (χ2n) is 8.92. The molecule has 0 heterocycles. The maximum absolute atomic E-state index is 13.1. The Hall–Kier alpha value is -4.65. The Balaban J connectivity index is 0.00000588. The number of halogens is 3. The average molecular weight is 651 g/mol. The van der Waals surface area contributed by atoms with Crippen molar-refractivity contribution in [2.75, 3.05) is 0 Å². The van der Waals surface area contributed by atoms with Crippen molar-refractivity contribution in [1.82, 2.24) is 16.0 Å². The monoisotopic (exact) mass is 649 g/mol. The molecule has 0 saturated heterocycles. The molecule has 12 nitrogen and oxygen atoms in total. The molecule has 3 rings (SSSR count). The van der Waals surface area contributed by atoms with Crippen LogP contribution in [-0.2, 0) is 34.0 Å². The average Bonchev–Trinajstić information content (AvgIpc) is 2.94. The van der Waals surface area contributed by atoms with Crippen molar-refractivity contribution in [2.24, 2.45) is 23.1 Å². The number of carbonyl (C=O) groups is 3. The molecule has 0 aliphatic heterocycles. The third-order valence-electron chi connectivity index (χ3n) is 5.98. The Bertz CT molecular complexity index is 1260. The molecular weight excluding hydrogens is 617 g/mol. The minimum Gasteiger partial charge on any atom is -0.384 e. The summed E-state index contributed by atoms with van der Waals surface area (Å²) in [7, 11) is 0. The summed E-state index contributed by atoms with van der Waals surface area (Å²) in [5, 5.41) is 30.3. The molecule has 3 aromatic rings. The van der Waals surface area contributed by atoms with Crippen LogP contribution in [-0.4, -0.2) is 35.2 Å². The molecule has 0 bridgehead atoms. The summed E-state index contributed by atoms with van der Waals surface area (Å²) in [6.45, 7) is 0.146. The molecule has 43 heavy (non-hydrogen) atoms. The van der Waals surface area contributed by atoms with E-state index in [0.29, 0.717) is 33.4 Å². The molecule has 3 amide bonds. The van der Waals surface area contributed by atoms with Crippen LogP contribution in [0.1, 0.15) is 33.4 Å². The van der Waals surface area contributed by atoms with Gasteiger partial charge in [-0.3, -0.25) is 30.6 Å². The van der Waals surface area contributed by atoms with Crippen molar-refractivity contribution in [2.45, 2.75) is 19.6 Å². The number of hydrogen-bond acceptors (Lipinski definition) is 6. The number of carbonyl (C=O) groups excluding carboxylic acids is 3. The van der Waals surface area contributed by atoms with Crippen LogP contribution >= 0.6 is 37.2 Å². The van der Waals surface area contributed by atoms with Crippen molar-refractivity contribution in [3.8, 4) is 0 Å². The van der Waals surface area contributed by atoms with Gasteiger partial charge in [0.2, 0.25) is 17.7 Å². The van der Waals surface area contributed by atoms with Crippen molar-refractivity contribution >= 4 is 72.4 Å². The van der Waals surface area contributed by atoms with Gasteiger partial charge in [-0.15, -0.1) is 37.2 Å². The van der Waals surface area contributed by atoms with E-state index in [-0.39, 0.29) is 74.4 Å². The third-order valence-corrected chi connectivity index (χ3v) is 5.98. The quantitative estimate of drug-likeness (QED) is 0.0802. The normalized spacial score (nSPS) is 10.3. The second kappa shape index (κ2) is 18.0. The summed E-state index contributed by atoms with van der Waals surface area (Å²) in [6, 6.07) is 19.9. The number of nitrogen functional groups attached to an aromatic ring is 3. The number of rotatable bonds is 12. The third kappa shape index (κ3) is 11.3. The molecule has 0 aliphatic rings. The smallest absolute Gasteiger partial charge is 0.242 e. The van der Waals surface area contributed by atoms with Gasteiger partial charge in [0.15, 0.2) is 5.92 Å². The first-order chi connectivity index (χ1) is 19.0. The number of amides is 3. The van der Waals surface area contributed by atoms with Crippen LogP contribution in [0.25, 0.3) is 0 Å². The van der Waals surface area contributed by atoms with Gasteiger partial charge in [0, 0.05) is 36.3 Å². The lowest BCUT2D eigenvalue weighted by Gasteiger charge is -2.17. The van der Waals surface area contributed by atoms with Gasteiger partial charge < -0.3 is 33.2 Å². The second-order valence-corrected chi connectivity index (χ2v) is 8.92. The van der Waals surface area contributed by atoms with E-state index >= 15 is 0 Å². The van der Waals surface area contributed by atoms with Crippen molar-refractivity contribution in [1.29, 1.82) is 16.2 Å². The van der Waals surface area contributed by atoms with Crippen molar-refractivity contribution in [3.05, 3.63) is 106 Å². The zero-order chi connectivity index (χ0) is 29.2. The van der Waals surface area contributed by atoms with E-state index in [0.717, 1.165) is 0 Å². The van der Waals surface area contributed by atoms with Gasteiger partial charge in [0.1, 0.15) is 17.5 Å². The number of nitrogens with one attached hydrogen (secondary N) is 6. The number of nitrogens with two attached hydrogens (primary N) is 3. The van der Waals surface area contributed by atoms with Gasteiger partial charge in [0.25, 0.3) is 0 Å². The maximum atomic E-state index is 13.1. The summed E-state index contributed by atoms with van der Waals surface area (Å²) < 4.78 is 0. The van der Waals surface area contributed by atoms with Crippen LogP contribution in [0.5, 0.6) is 0 Å². The lowest BCUT2D eigenvalue weighted by molar-refractivity contribution is -0.143.